The van der Waals surface area contributed by atoms with E-state index in [2.05, 4.69) is 44.5 Å². The molecule has 0 radical (unpaired) electrons. The fourth-order valence-corrected chi connectivity index (χ4v) is 2.80. The van der Waals surface area contributed by atoms with Crippen molar-refractivity contribution in [1.29, 1.82) is 0 Å². The molecule has 4 nitrogen and oxygen atoms in total. The number of benzene rings is 1. The lowest BCUT2D eigenvalue weighted by Crippen LogP contribution is -2.17. The lowest BCUT2D eigenvalue weighted by atomic mass is 10.2. The first kappa shape index (κ1) is 14.1. The Morgan fingerprint density at radius 3 is 2.38 bits per heavy atom. The molecule has 1 saturated heterocycles. The molecule has 1 aromatic heterocycles. The van der Waals surface area contributed by atoms with E-state index in [9.17, 15) is 0 Å². The second-order valence-electron chi connectivity index (χ2n) is 5.40. The molecule has 1 aliphatic rings. The molecular formula is C16H19ClN4. The van der Waals surface area contributed by atoms with Crippen LogP contribution >= 0.6 is 11.6 Å². The van der Waals surface area contributed by atoms with E-state index in [0.29, 0.717) is 11.0 Å². The van der Waals surface area contributed by atoms with Crippen LogP contribution in [0.2, 0.25) is 5.15 Å². The van der Waals surface area contributed by atoms with Crippen molar-refractivity contribution in [1.82, 2.24) is 9.97 Å². The van der Waals surface area contributed by atoms with Gasteiger partial charge in [0, 0.05) is 30.0 Å². The summed E-state index contributed by atoms with van der Waals surface area (Å²) >= 11 is 6.10. The Hall–Kier alpha value is -1.81. The number of aryl methyl sites for hydroxylation is 1. The Labute approximate surface area is 130 Å². The largest absolute Gasteiger partial charge is 0.372 e. The highest BCUT2D eigenvalue weighted by atomic mass is 35.5. The molecule has 0 bridgehead atoms. The van der Waals surface area contributed by atoms with Gasteiger partial charge in [-0.2, -0.15) is 0 Å². The van der Waals surface area contributed by atoms with Gasteiger partial charge in [0.15, 0.2) is 0 Å². The van der Waals surface area contributed by atoms with Gasteiger partial charge in [0.1, 0.15) is 16.8 Å². The summed E-state index contributed by atoms with van der Waals surface area (Å²) in [6.07, 6.45) is 2.58. The Morgan fingerprint density at radius 1 is 1.05 bits per heavy atom. The van der Waals surface area contributed by atoms with Gasteiger partial charge in [-0.3, -0.25) is 0 Å². The summed E-state index contributed by atoms with van der Waals surface area (Å²) in [4.78, 5) is 11.0. The fraction of sp³-hybridized carbons (Fsp3) is 0.375. The molecule has 1 aromatic carbocycles. The van der Waals surface area contributed by atoms with Crippen molar-refractivity contribution in [2.75, 3.05) is 23.3 Å². The van der Waals surface area contributed by atoms with Crippen LogP contribution in [0.3, 0.4) is 0 Å². The second kappa shape index (κ2) is 5.90. The monoisotopic (exact) mass is 302 g/mol. The van der Waals surface area contributed by atoms with E-state index in [1.165, 1.54) is 18.5 Å². The molecule has 0 aliphatic carbocycles. The zero-order chi connectivity index (χ0) is 14.8. The molecule has 1 aliphatic heterocycles. The summed E-state index contributed by atoms with van der Waals surface area (Å²) in [5, 5.41) is 3.82. The molecule has 1 N–H and O–H groups in total. The average molecular weight is 303 g/mol. The first-order valence-electron chi connectivity index (χ1n) is 7.26. The van der Waals surface area contributed by atoms with Crippen molar-refractivity contribution in [3.05, 3.63) is 40.8 Å². The average Bonchev–Trinajstić information content (AvgIpc) is 2.99. The first-order chi connectivity index (χ1) is 10.1. The number of hydrogen-bond donors (Lipinski definition) is 1. The molecule has 0 saturated carbocycles. The third-order valence-electron chi connectivity index (χ3n) is 3.80. The lowest BCUT2D eigenvalue weighted by molar-refractivity contribution is 0.949. The highest BCUT2D eigenvalue weighted by molar-refractivity contribution is 6.30. The predicted molar refractivity (Wildman–Crippen MR) is 87.7 cm³/mol. The Bertz CT molecular complexity index is 633. The molecular weight excluding hydrogens is 284 g/mol. The van der Waals surface area contributed by atoms with Crippen molar-refractivity contribution in [3.63, 3.8) is 0 Å². The highest BCUT2D eigenvalue weighted by Crippen LogP contribution is 2.26. The molecule has 0 unspecified atom stereocenters. The van der Waals surface area contributed by atoms with Crippen LogP contribution in [0.4, 0.5) is 17.2 Å². The molecule has 0 atom stereocenters. The maximum absolute atomic E-state index is 6.10. The van der Waals surface area contributed by atoms with Gasteiger partial charge in [0.2, 0.25) is 0 Å². The van der Waals surface area contributed by atoms with Crippen LogP contribution in [0, 0.1) is 13.8 Å². The third kappa shape index (κ3) is 3.10. The maximum atomic E-state index is 6.10. The van der Waals surface area contributed by atoms with Crippen molar-refractivity contribution < 1.29 is 0 Å². The maximum Gasteiger partial charge on any atom is 0.138 e. The summed E-state index contributed by atoms with van der Waals surface area (Å²) in [6, 6.07) is 8.47. The minimum absolute atomic E-state index is 0.499. The SMILES string of the molecule is Cc1nc(Cl)c(C)c(Nc2ccc(N3CCCC3)cc2)n1. The second-order valence-corrected chi connectivity index (χ2v) is 5.76. The summed E-state index contributed by atoms with van der Waals surface area (Å²) in [5.74, 6) is 1.43. The molecule has 0 spiro atoms. The van der Waals surface area contributed by atoms with Crippen LogP contribution < -0.4 is 10.2 Å². The van der Waals surface area contributed by atoms with E-state index in [1.807, 2.05) is 13.8 Å². The number of nitrogens with one attached hydrogen (secondary N) is 1. The van der Waals surface area contributed by atoms with Gasteiger partial charge in [-0.05, 0) is 51.0 Å². The van der Waals surface area contributed by atoms with E-state index in [1.54, 1.807) is 0 Å². The zero-order valence-electron chi connectivity index (χ0n) is 12.4. The predicted octanol–water partition coefficient (Wildman–Crippen LogP) is 4.09. The number of halogens is 1. The van der Waals surface area contributed by atoms with Crippen LogP contribution in [0.15, 0.2) is 24.3 Å². The van der Waals surface area contributed by atoms with Gasteiger partial charge in [-0.1, -0.05) is 11.6 Å². The first-order valence-corrected chi connectivity index (χ1v) is 7.64. The molecule has 0 amide bonds. The Morgan fingerprint density at radius 2 is 1.71 bits per heavy atom. The molecule has 2 heterocycles. The standard InChI is InChI=1S/C16H19ClN4/c1-11-15(17)18-12(2)19-16(11)20-13-5-7-14(8-6-13)21-9-3-4-10-21/h5-8H,3-4,9-10H2,1-2H3,(H,18,19,20). The van der Waals surface area contributed by atoms with E-state index in [0.717, 1.165) is 30.2 Å². The minimum Gasteiger partial charge on any atom is -0.372 e. The van der Waals surface area contributed by atoms with E-state index in [4.69, 9.17) is 11.6 Å². The number of hydrogen-bond acceptors (Lipinski definition) is 4. The molecule has 5 heteroatoms. The number of anilines is 3. The molecule has 1 fully saturated rings. The summed E-state index contributed by atoms with van der Waals surface area (Å²) < 4.78 is 0. The van der Waals surface area contributed by atoms with Crippen molar-refractivity contribution in [2.45, 2.75) is 26.7 Å². The van der Waals surface area contributed by atoms with Crippen LogP contribution in [-0.2, 0) is 0 Å². The number of aromatic nitrogens is 2. The van der Waals surface area contributed by atoms with Crippen LogP contribution in [-0.4, -0.2) is 23.1 Å². The van der Waals surface area contributed by atoms with Gasteiger partial charge in [-0.15, -0.1) is 0 Å². The Kier molecular flexibility index (Phi) is 3.97. The van der Waals surface area contributed by atoms with E-state index in [-0.39, 0.29) is 0 Å². The fourth-order valence-electron chi connectivity index (χ4n) is 2.58. The minimum atomic E-state index is 0.499. The topological polar surface area (TPSA) is 41.1 Å². The van der Waals surface area contributed by atoms with E-state index < -0.39 is 0 Å². The van der Waals surface area contributed by atoms with Crippen molar-refractivity contribution >= 4 is 28.8 Å². The van der Waals surface area contributed by atoms with Gasteiger partial charge >= 0.3 is 0 Å². The lowest BCUT2D eigenvalue weighted by Gasteiger charge is -2.18. The third-order valence-corrected chi connectivity index (χ3v) is 4.17. The molecule has 110 valence electrons. The molecule has 2 aromatic rings. The normalized spacial score (nSPS) is 14.5. The van der Waals surface area contributed by atoms with Gasteiger partial charge < -0.3 is 10.2 Å². The Balaban J connectivity index is 1.79. The van der Waals surface area contributed by atoms with E-state index >= 15 is 0 Å². The van der Waals surface area contributed by atoms with Crippen LogP contribution in [0.1, 0.15) is 24.2 Å². The van der Waals surface area contributed by atoms with Crippen molar-refractivity contribution in [3.8, 4) is 0 Å². The molecule has 3 rings (SSSR count). The molecule has 21 heavy (non-hydrogen) atoms. The van der Waals surface area contributed by atoms with Crippen molar-refractivity contribution in [2.24, 2.45) is 0 Å². The van der Waals surface area contributed by atoms with Gasteiger partial charge in [0.25, 0.3) is 0 Å². The van der Waals surface area contributed by atoms with Gasteiger partial charge in [0.05, 0.1) is 0 Å². The zero-order valence-corrected chi connectivity index (χ0v) is 13.1. The number of nitrogens with zero attached hydrogens (tertiary/aromatic N) is 3. The summed E-state index contributed by atoms with van der Waals surface area (Å²) in [5.41, 5.74) is 3.16. The summed E-state index contributed by atoms with van der Waals surface area (Å²) in [7, 11) is 0. The summed E-state index contributed by atoms with van der Waals surface area (Å²) in [6.45, 7) is 6.08. The number of rotatable bonds is 3. The smallest absolute Gasteiger partial charge is 0.138 e. The quantitative estimate of drug-likeness (QED) is 0.867. The van der Waals surface area contributed by atoms with Crippen LogP contribution in [0.25, 0.3) is 0 Å². The van der Waals surface area contributed by atoms with Crippen LogP contribution in [0.5, 0.6) is 0 Å². The highest BCUT2D eigenvalue weighted by Gasteiger charge is 2.12. The van der Waals surface area contributed by atoms with Gasteiger partial charge in [-0.25, -0.2) is 9.97 Å².